The number of carbonyl (C=O) groups excluding carboxylic acids is 2. The number of hydrogen-bond donors (Lipinski definition) is 1. The Kier molecular flexibility index (Phi) is 9.75. The molecule has 0 aromatic heterocycles. The van der Waals surface area contributed by atoms with E-state index in [9.17, 15) is 22.4 Å². The van der Waals surface area contributed by atoms with Crippen molar-refractivity contribution >= 4 is 39.1 Å². The highest BCUT2D eigenvalue weighted by Crippen LogP contribution is 2.25. The van der Waals surface area contributed by atoms with Crippen LogP contribution < -0.4 is 9.62 Å². The lowest BCUT2D eigenvalue weighted by atomic mass is 10.0. The van der Waals surface area contributed by atoms with Gasteiger partial charge in [0.1, 0.15) is 18.4 Å². The minimum atomic E-state index is -4.29. The van der Waals surface area contributed by atoms with Gasteiger partial charge in [-0.2, -0.15) is 0 Å². The van der Waals surface area contributed by atoms with E-state index in [0.29, 0.717) is 10.6 Å². The Morgan fingerprint density at radius 3 is 2.00 bits per heavy atom. The molecule has 10 heteroatoms. The summed E-state index contributed by atoms with van der Waals surface area (Å²) in [5.41, 5.74) is 1.78. The summed E-state index contributed by atoms with van der Waals surface area (Å²) in [6, 6.07) is 27.7. The average Bonchev–Trinajstić information content (AvgIpc) is 2.99. The topological polar surface area (TPSA) is 86.8 Å². The molecule has 41 heavy (non-hydrogen) atoms. The minimum absolute atomic E-state index is 0.0279. The van der Waals surface area contributed by atoms with Gasteiger partial charge in [-0.1, -0.05) is 72.3 Å². The van der Waals surface area contributed by atoms with E-state index in [-0.39, 0.29) is 23.5 Å². The number of benzene rings is 4. The third-order valence-corrected chi connectivity index (χ3v) is 8.55. The van der Waals surface area contributed by atoms with Gasteiger partial charge in [-0.25, -0.2) is 12.8 Å². The van der Waals surface area contributed by atoms with Crippen molar-refractivity contribution in [2.75, 3.05) is 17.9 Å². The zero-order valence-electron chi connectivity index (χ0n) is 22.3. The van der Waals surface area contributed by atoms with E-state index >= 15 is 0 Å². The number of anilines is 1. The SMILES string of the molecule is CNC(=O)[C@H](Cc1ccccc1)N(Cc1ccc(Cl)cc1)C(=O)CN(c1ccccc1)S(=O)(=O)c1ccc(F)cc1. The Bertz CT molecular complexity index is 1570. The van der Waals surface area contributed by atoms with Gasteiger partial charge in [0.2, 0.25) is 11.8 Å². The van der Waals surface area contributed by atoms with Crippen molar-refractivity contribution in [2.24, 2.45) is 0 Å². The molecule has 0 aliphatic carbocycles. The van der Waals surface area contributed by atoms with Gasteiger partial charge in [0.05, 0.1) is 10.6 Å². The first kappa shape index (κ1) is 29.8. The Balaban J connectivity index is 1.76. The van der Waals surface area contributed by atoms with Gasteiger partial charge in [-0.15, -0.1) is 0 Å². The lowest BCUT2D eigenvalue weighted by molar-refractivity contribution is -0.139. The second-order valence-electron chi connectivity index (χ2n) is 9.27. The lowest BCUT2D eigenvalue weighted by Gasteiger charge is -2.33. The number of nitrogens with one attached hydrogen (secondary N) is 1. The van der Waals surface area contributed by atoms with Gasteiger partial charge < -0.3 is 10.2 Å². The average molecular weight is 594 g/mol. The van der Waals surface area contributed by atoms with E-state index in [0.717, 1.165) is 34.1 Å². The zero-order valence-corrected chi connectivity index (χ0v) is 23.9. The molecule has 0 heterocycles. The van der Waals surface area contributed by atoms with E-state index in [1.54, 1.807) is 54.6 Å². The Labute approximate surface area is 244 Å². The van der Waals surface area contributed by atoms with Crippen molar-refractivity contribution in [3.05, 3.63) is 131 Å². The monoisotopic (exact) mass is 593 g/mol. The molecule has 2 amide bonds. The second-order valence-corrected chi connectivity index (χ2v) is 11.6. The summed E-state index contributed by atoms with van der Waals surface area (Å²) in [7, 11) is -2.80. The van der Waals surface area contributed by atoms with Gasteiger partial charge in [-0.05, 0) is 59.7 Å². The molecule has 0 aliphatic heterocycles. The van der Waals surface area contributed by atoms with Crippen LogP contribution in [0.5, 0.6) is 0 Å². The van der Waals surface area contributed by atoms with Crippen LogP contribution in [0.25, 0.3) is 0 Å². The molecule has 1 N–H and O–H groups in total. The van der Waals surface area contributed by atoms with Crippen molar-refractivity contribution in [1.29, 1.82) is 0 Å². The van der Waals surface area contributed by atoms with Gasteiger partial charge in [0, 0.05) is 25.0 Å². The summed E-state index contributed by atoms with van der Waals surface area (Å²) in [4.78, 5) is 28.6. The molecule has 0 fully saturated rings. The van der Waals surface area contributed by atoms with E-state index in [2.05, 4.69) is 5.32 Å². The van der Waals surface area contributed by atoms with Crippen LogP contribution in [0.2, 0.25) is 5.02 Å². The molecule has 0 unspecified atom stereocenters. The molecular weight excluding hydrogens is 565 g/mol. The molecule has 4 aromatic rings. The summed E-state index contributed by atoms with van der Waals surface area (Å²) in [6.07, 6.45) is 0.204. The molecule has 0 spiro atoms. The highest BCUT2D eigenvalue weighted by atomic mass is 35.5. The predicted molar refractivity (Wildman–Crippen MR) is 157 cm³/mol. The van der Waals surface area contributed by atoms with Crippen molar-refractivity contribution in [2.45, 2.75) is 23.9 Å². The summed E-state index contributed by atoms with van der Waals surface area (Å²) in [5.74, 6) is -1.59. The van der Waals surface area contributed by atoms with Gasteiger partial charge in [-0.3, -0.25) is 13.9 Å². The molecule has 0 aliphatic rings. The van der Waals surface area contributed by atoms with Gasteiger partial charge in [0.25, 0.3) is 10.0 Å². The predicted octanol–water partition coefficient (Wildman–Crippen LogP) is 5.06. The van der Waals surface area contributed by atoms with Crippen molar-refractivity contribution in [3.63, 3.8) is 0 Å². The highest BCUT2D eigenvalue weighted by Gasteiger charge is 2.34. The number of carbonyl (C=O) groups is 2. The maximum Gasteiger partial charge on any atom is 0.264 e. The minimum Gasteiger partial charge on any atom is -0.357 e. The molecule has 4 rings (SSSR count). The zero-order chi connectivity index (χ0) is 29.4. The number of sulfonamides is 1. The van der Waals surface area contributed by atoms with E-state index < -0.39 is 40.2 Å². The third kappa shape index (κ3) is 7.50. The lowest BCUT2D eigenvalue weighted by Crippen LogP contribution is -2.53. The molecule has 0 bridgehead atoms. The van der Waals surface area contributed by atoms with Crippen LogP contribution in [0.3, 0.4) is 0 Å². The Morgan fingerprint density at radius 1 is 0.829 bits per heavy atom. The van der Waals surface area contributed by atoms with Crippen molar-refractivity contribution in [1.82, 2.24) is 10.2 Å². The molecular formula is C31H29ClFN3O4S. The molecule has 7 nitrogen and oxygen atoms in total. The number of nitrogens with zero attached hydrogens (tertiary/aromatic N) is 2. The van der Waals surface area contributed by atoms with Crippen LogP contribution in [0, 0.1) is 5.82 Å². The van der Waals surface area contributed by atoms with Crippen LogP contribution in [0.4, 0.5) is 10.1 Å². The fourth-order valence-corrected chi connectivity index (χ4v) is 5.90. The quantitative estimate of drug-likeness (QED) is 0.263. The van der Waals surface area contributed by atoms with Crippen LogP contribution in [0.1, 0.15) is 11.1 Å². The maximum atomic E-state index is 14.1. The summed E-state index contributed by atoms with van der Waals surface area (Å²) >= 11 is 6.07. The number of para-hydroxylation sites is 1. The molecule has 0 radical (unpaired) electrons. The van der Waals surface area contributed by atoms with Gasteiger partial charge in [0.15, 0.2) is 0 Å². The van der Waals surface area contributed by atoms with E-state index in [1.165, 1.54) is 11.9 Å². The maximum absolute atomic E-state index is 14.1. The number of amides is 2. The first-order valence-electron chi connectivity index (χ1n) is 12.8. The highest BCUT2D eigenvalue weighted by molar-refractivity contribution is 7.92. The summed E-state index contributed by atoms with van der Waals surface area (Å²) in [5, 5.41) is 3.15. The van der Waals surface area contributed by atoms with E-state index in [1.807, 2.05) is 30.3 Å². The largest absolute Gasteiger partial charge is 0.357 e. The molecule has 4 aromatic carbocycles. The van der Waals surface area contributed by atoms with Crippen LogP contribution >= 0.6 is 11.6 Å². The number of halogens is 2. The van der Waals surface area contributed by atoms with Crippen molar-refractivity contribution in [3.8, 4) is 0 Å². The Hall–Kier alpha value is -4.21. The van der Waals surface area contributed by atoms with Gasteiger partial charge >= 0.3 is 0 Å². The van der Waals surface area contributed by atoms with Crippen LogP contribution in [0.15, 0.2) is 114 Å². The smallest absolute Gasteiger partial charge is 0.264 e. The number of hydrogen-bond acceptors (Lipinski definition) is 4. The molecule has 212 valence electrons. The second kappa shape index (κ2) is 13.4. The fraction of sp³-hybridized carbons (Fsp3) is 0.161. The number of rotatable bonds is 11. The van der Waals surface area contributed by atoms with Crippen LogP contribution in [-0.4, -0.2) is 44.8 Å². The molecule has 1 atom stereocenters. The standard InChI is InChI=1S/C31H29ClFN3O4S/c1-34-31(38)29(20-23-8-4-2-5-9-23)35(21-24-12-14-25(32)15-13-24)30(37)22-36(27-10-6-3-7-11-27)41(39,40)28-18-16-26(33)17-19-28/h2-19,29H,20-22H2,1H3,(H,34,38)/t29-/m0/s1. The Morgan fingerprint density at radius 2 is 1.41 bits per heavy atom. The van der Waals surface area contributed by atoms with E-state index in [4.69, 9.17) is 11.6 Å². The first-order valence-corrected chi connectivity index (χ1v) is 14.6. The summed E-state index contributed by atoms with van der Waals surface area (Å²) < 4.78 is 42.2. The normalized spacial score (nSPS) is 11.9. The third-order valence-electron chi connectivity index (χ3n) is 6.51. The molecule has 0 saturated carbocycles. The number of likely N-dealkylation sites (N-methyl/N-ethyl adjacent to an activating group) is 1. The molecule has 0 saturated heterocycles. The van der Waals surface area contributed by atoms with Crippen molar-refractivity contribution < 1.29 is 22.4 Å². The van der Waals surface area contributed by atoms with Crippen LogP contribution in [-0.2, 0) is 32.6 Å². The first-order chi connectivity index (χ1) is 19.7. The fourth-order valence-electron chi connectivity index (χ4n) is 4.36. The summed E-state index contributed by atoms with van der Waals surface area (Å²) in [6.45, 7) is -0.570.